The lowest BCUT2D eigenvalue weighted by Gasteiger charge is -2.10. The van der Waals surface area contributed by atoms with Crippen LogP contribution in [0.4, 0.5) is 5.69 Å². The first kappa shape index (κ1) is 13.4. The van der Waals surface area contributed by atoms with Crippen molar-refractivity contribution >= 4 is 22.9 Å². The van der Waals surface area contributed by atoms with Gasteiger partial charge in [-0.15, -0.1) is 11.3 Å². The number of nitrogens with two attached hydrogens (primary N) is 1. The zero-order chi connectivity index (χ0) is 13.7. The number of nitrogen functional groups attached to an aromatic ring is 1. The van der Waals surface area contributed by atoms with Gasteiger partial charge in [0.15, 0.2) is 5.75 Å². The van der Waals surface area contributed by atoms with Crippen molar-refractivity contribution in [3.8, 4) is 5.75 Å². The maximum absolute atomic E-state index is 12.0. The predicted octanol–water partition coefficient (Wildman–Crippen LogP) is 1.71. The van der Waals surface area contributed by atoms with E-state index in [1.54, 1.807) is 35.0 Å². The third-order valence-electron chi connectivity index (χ3n) is 2.64. The summed E-state index contributed by atoms with van der Waals surface area (Å²) in [5.74, 6) is 0.216. The highest BCUT2D eigenvalue weighted by Gasteiger charge is 2.13. The maximum atomic E-state index is 12.0. The van der Waals surface area contributed by atoms with Crippen LogP contribution in [0.25, 0.3) is 0 Å². The summed E-state index contributed by atoms with van der Waals surface area (Å²) in [6, 6.07) is 5.12. The Kier molecular flexibility index (Phi) is 4.35. The Bertz CT molecular complexity index is 555. The molecule has 0 saturated heterocycles. The van der Waals surface area contributed by atoms with Gasteiger partial charge in [0.05, 0.1) is 29.6 Å². The van der Waals surface area contributed by atoms with Crippen LogP contribution in [-0.4, -0.2) is 24.5 Å². The van der Waals surface area contributed by atoms with Crippen molar-refractivity contribution in [1.29, 1.82) is 0 Å². The molecule has 3 N–H and O–H groups in total. The van der Waals surface area contributed by atoms with Gasteiger partial charge in [0.2, 0.25) is 0 Å². The summed E-state index contributed by atoms with van der Waals surface area (Å²) < 4.78 is 5.15. The van der Waals surface area contributed by atoms with Crippen LogP contribution in [-0.2, 0) is 6.42 Å². The molecule has 0 bridgehead atoms. The molecule has 1 aromatic heterocycles. The van der Waals surface area contributed by atoms with E-state index in [1.807, 2.05) is 5.38 Å². The van der Waals surface area contributed by atoms with E-state index >= 15 is 0 Å². The predicted molar refractivity (Wildman–Crippen MR) is 75.6 cm³/mol. The summed E-state index contributed by atoms with van der Waals surface area (Å²) in [5.41, 5.74) is 9.41. The van der Waals surface area contributed by atoms with E-state index < -0.39 is 0 Å². The number of nitrogens with zero attached hydrogens (tertiary/aromatic N) is 1. The number of benzene rings is 1. The molecule has 0 atom stereocenters. The van der Waals surface area contributed by atoms with Crippen LogP contribution in [0.2, 0.25) is 0 Å². The second-order valence-corrected chi connectivity index (χ2v) is 4.63. The van der Waals surface area contributed by atoms with Crippen LogP contribution in [0, 0.1) is 0 Å². The lowest BCUT2D eigenvalue weighted by Crippen LogP contribution is -2.26. The number of ether oxygens (including phenoxy) is 1. The summed E-state index contributed by atoms with van der Waals surface area (Å²) in [5, 5.41) is 4.79. The van der Waals surface area contributed by atoms with Crippen molar-refractivity contribution in [3.05, 3.63) is 40.3 Å². The molecule has 1 heterocycles. The van der Waals surface area contributed by atoms with Gasteiger partial charge in [-0.2, -0.15) is 0 Å². The standard InChI is InChI=1S/C13H15N3O2S/c1-18-12-10(3-2-4-11(12)14)13(17)15-6-5-9-7-19-8-16-9/h2-4,7-8H,5-6,14H2,1H3,(H,15,17). The molecule has 19 heavy (non-hydrogen) atoms. The minimum Gasteiger partial charge on any atom is -0.494 e. The van der Waals surface area contributed by atoms with E-state index in [1.165, 1.54) is 7.11 Å². The fourth-order valence-electron chi connectivity index (χ4n) is 1.72. The Balaban J connectivity index is 1.98. The molecule has 5 nitrogen and oxygen atoms in total. The van der Waals surface area contributed by atoms with E-state index in [4.69, 9.17) is 10.5 Å². The number of rotatable bonds is 5. The number of carbonyl (C=O) groups excluding carboxylic acids is 1. The van der Waals surface area contributed by atoms with Gasteiger partial charge in [0, 0.05) is 18.3 Å². The topological polar surface area (TPSA) is 77.2 Å². The lowest BCUT2D eigenvalue weighted by atomic mass is 10.1. The van der Waals surface area contributed by atoms with Crippen LogP contribution in [0.1, 0.15) is 16.1 Å². The molecule has 0 saturated carbocycles. The Hall–Kier alpha value is -2.08. The van der Waals surface area contributed by atoms with Crippen LogP contribution in [0.15, 0.2) is 29.1 Å². The lowest BCUT2D eigenvalue weighted by molar-refractivity contribution is 0.0951. The first-order chi connectivity index (χ1) is 9.22. The number of para-hydroxylation sites is 1. The molecule has 100 valence electrons. The quantitative estimate of drug-likeness (QED) is 0.816. The molecule has 0 fully saturated rings. The minimum atomic E-state index is -0.195. The highest BCUT2D eigenvalue weighted by Crippen LogP contribution is 2.25. The molecule has 2 rings (SSSR count). The monoisotopic (exact) mass is 277 g/mol. The number of anilines is 1. The van der Waals surface area contributed by atoms with Crippen molar-refractivity contribution in [2.24, 2.45) is 0 Å². The summed E-state index contributed by atoms with van der Waals surface area (Å²) >= 11 is 1.54. The van der Waals surface area contributed by atoms with Crippen molar-refractivity contribution < 1.29 is 9.53 Å². The van der Waals surface area contributed by atoms with E-state index in [0.29, 0.717) is 30.0 Å². The summed E-state index contributed by atoms with van der Waals surface area (Å²) in [6.45, 7) is 0.528. The first-order valence-corrected chi connectivity index (χ1v) is 6.74. The molecular formula is C13H15N3O2S. The summed E-state index contributed by atoms with van der Waals surface area (Å²) in [4.78, 5) is 16.2. The third kappa shape index (κ3) is 3.23. The maximum Gasteiger partial charge on any atom is 0.255 e. The number of aromatic nitrogens is 1. The van der Waals surface area contributed by atoms with E-state index in [2.05, 4.69) is 10.3 Å². The van der Waals surface area contributed by atoms with Gasteiger partial charge in [-0.05, 0) is 12.1 Å². The number of nitrogens with one attached hydrogen (secondary N) is 1. The number of carbonyl (C=O) groups is 1. The molecule has 6 heteroatoms. The van der Waals surface area contributed by atoms with Crippen LogP contribution in [0.3, 0.4) is 0 Å². The molecule has 1 aromatic carbocycles. The third-order valence-corrected chi connectivity index (χ3v) is 3.28. The number of methoxy groups -OCH3 is 1. The van der Waals surface area contributed by atoms with Crippen molar-refractivity contribution in [2.75, 3.05) is 19.4 Å². The highest BCUT2D eigenvalue weighted by molar-refractivity contribution is 7.07. The normalized spacial score (nSPS) is 10.2. The number of hydrogen-bond acceptors (Lipinski definition) is 5. The Morgan fingerprint density at radius 3 is 3.05 bits per heavy atom. The first-order valence-electron chi connectivity index (χ1n) is 5.80. The largest absolute Gasteiger partial charge is 0.494 e. The summed E-state index contributed by atoms with van der Waals surface area (Å²) in [7, 11) is 1.50. The highest BCUT2D eigenvalue weighted by atomic mass is 32.1. The molecule has 0 radical (unpaired) electrons. The zero-order valence-electron chi connectivity index (χ0n) is 10.6. The molecule has 0 aliphatic rings. The second kappa shape index (κ2) is 6.19. The summed E-state index contributed by atoms with van der Waals surface area (Å²) in [6.07, 6.45) is 0.708. The number of hydrogen-bond donors (Lipinski definition) is 2. The Labute approximate surface area is 115 Å². The van der Waals surface area contributed by atoms with E-state index in [-0.39, 0.29) is 5.91 Å². The molecule has 0 aliphatic carbocycles. The molecule has 0 aliphatic heterocycles. The Morgan fingerprint density at radius 2 is 2.37 bits per heavy atom. The van der Waals surface area contributed by atoms with Crippen molar-refractivity contribution in [1.82, 2.24) is 10.3 Å². The molecule has 2 aromatic rings. The van der Waals surface area contributed by atoms with Gasteiger partial charge in [-0.25, -0.2) is 4.98 Å². The fraction of sp³-hybridized carbons (Fsp3) is 0.231. The van der Waals surface area contributed by atoms with Crippen molar-refractivity contribution in [2.45, 2.75) is 6.42 Å². The van der Waals surface area contributed by atoms with Crippen LogP contribution < -0.4 is 15.8 Å². The Morgan fingerprint density at radius 1 is 1.53 bits per heavy atom. The molecular weight excluding hydrogens is 262 g/mol. The van der Waals surface area contributed by atoms with Crippen LogP contribution >= 0.6 is 11.3 Å². The van der Waals surface area contributed by atoms with Gasteiger partial charge in [-0.1, -0.05) is 6.07 Å². The van der Waals surface area contributed by atoms with E-state index in [0.717, 1.165) is 5.69 Å². The average Bonchev–Trinajstić information content (AvgIpc) is 2.91. The number of thiazole rings is 1. The van der Waals surface area contributed by atoms with E-state index in [9.17, 15) is 4.79 Å². The van der Waals surface area contributed by atoms with Crippen LogP contribution in [0.5, 0.6) is 5.75 Å². The zero-order valence-corrected chi connectivity index (χ0v) is 11.4. The van der Waals surface area contributed by atoms with Gasteiger partial charge in [0.1, 0.15) is 0 Å². The molecule has 1 amide bonds. The smallest absolute Gasteiger partial charge is 0.255 e. The van der Waals surface area contributed by atoms with Gasteiger partial charge in [-0.3, -0.25) is 4.79 Å². The average molecular weight is 277 g/mol. The molecule has 0 spiro atoms. The van der Waals surface area contributed by atoms with Gasteiger partial charge < -0.3 is 15.8 Å². The van der Waals surface area contributed by atoms with Crippen molar-refractivity contribution in [3.63, 3.8) is 0 Å². The van der Waals surface area contributed by atoms with Gasteiger partial charge in [0.25, 0.3) is 5.91 Å². The molecule has 0 unspecified atom stereocenters. The fourth-order valence-corrected chi connectivity index (χ4v) is 2.31. The minimum absolute atomic E-state index is 0.195. The SMILES string of the molecule is COc1c(N)cccc1C(=O)NCCc1cscn1. The number of amides is 1. The second-order valence-electron chi connectivity index (χ2n) is 3.91. The van der Waals surface area contributed by atoms with Gasteiger partial charge >= 0.3 is 0 Å².